The van der Waals surface area contributed by atoms with Crippen LogP contribution in [0.5, 0.6) is 11.5 Å². The molecule has 1 aliphatic rings. The summed E-state index contributed by atoms with van der Waals surface area (Å²) in [5, 5.41) is 3.26. The lowest BCUT2D eigenvalue weighted by molar-refractivity contribution is 0.405. The smallest absolute Gasteiger partial charge is 0.161 e. The third-order valence-electron chi connectivity index (χ3n) is 4.89. The van der Waals surface area contributed by atoms with Crippen LogP contribution in [0.3, 0.4) is 0 Å². The second kappa shape index (κ2) is 7.64. The predicted molar refractivity (Wildman–Crippen MR) is 111 cm³/mol. The maximum Gasteiger partial charge on any atom is 0.161 e. The van der Waals surface area contributed by atoms with Crippen molar-refractivity contribution in [3.05, 3.63) is 54.4 Å². The van der Waals surface area contributed by atoms with Gasteiger partial charge in [0.15, 0.2) is 11.6 Å². The first-order chi connectivity index (χ1) is 13.7. The molecule has 2 aromatic carbocycles. The van der Waals surface area contributed by atoms with Crippen LogP contribution in [-0.2, 0) is 6.42 Å². The van der Waals surface area contributed by atoms with E-state index in [9.17, 15) is 0 Å². The molecular weight excluding hydrogens is 354 g/mol. The maximum atomic E-state index is 6.48. The number of para-hydroxylation sites is 1. The Morgan fingerprint density at radius 2 is 1.93 bits per heavy atom. The number of nitrogens with two attached hydrogens (primary N) is 1. The van der Waals surface area contributed by atoms with Gasteiger partial charge in [-0.1, -0.05) is 18.2 Å². The maximum absolute atomic E-state index is 6.48. The van der Waals surface area contributed by atoms with Gasteiger partial charge in [0, 0.05) is 18.3 Å². The van der Waals surface area contributed by atoms with E-state index < -0.39 is 0 Å². The second-order valence-electron chi connectivity index (χ2n) is 6.53. The number of benzene rings is 2. The zero-order valence-electron chi connectivity index (χ0n) is 16.0. The highest BCUT2D eigenvalue weighted by atomic mass is 16.5. The number of nitrogens with zero attached hydrogens (tertiary/aromatic N) is 3. The summed E-state index contributed by atoms with van der Waals surface area (Å²) in [6, 6.07) is 13.9. The van der Waals surface area contributed by atoms with E-state index in [0.717, 1.165) is 30.8 Å². The largest absolute Gasteiger partial charge is 0.497 e. The molecule has 0 aliphatic carbocycles. The summed E-state index contributed by atoms with van der Waals surface area (Å²) in [5.41, 5.74) is 10.1. The predicted octanol–water partition coefficient (Wildman–Crippen LogP) is 3.90. The minimum Gasteiger partial charge on any atom is -0.497 e. The lowest BCUT2D eigenvalue weighted by atomic mass is 10.0. The number of nitrogen functional groups attached to an aromatic ring is 1. The summed E-state index contributed by atoms with van der Waals surface area (Å²) in [7, 11) is 3.24. The first-order valence-electron chi connectivity index (χ1n) is 9.16. The van der Waals surface area contributed by atoms with Crippen molar-refractivity contribution in [1.82, 2.24) is 9.97 Å². The number of rotatable bonds is 5. The van der Waals surface area contributed by atoms with Gasteiger partial charge in [-0.05, 0) is 36.6 Å². The zero-order chi connectivity index (χ0) is 19.5. The molecule has 0 saturated heterocycles. The Labute approximate surface area is 164 Å². The van der Waals surface area contributed by atoms with Gasteiger partial charge in [0.1, 0.15) is 23.5 Å². The van der Waals surface area contributed by atoms with Crippen molar-refractivity contribution < 1.29 is 9.47 Å². The molecule has 0 radical (unpaired) electrons. The Kier molecular flexibility index (Phi) is 4.89. The molecule has 4 rings (SSSR count). The molecule has 2 heterocycles. The van der Waals surface area contributed by atoms with Crippen LogP contribution >= 0.6 is 0 Å². The molecule has 7 heteroatoms. The Balaban J connectivity index is 1.71. The molecule has 144 valence electrons. The van der Waals surface area contributed by atoms with Crippen LogP contribution < -0.4 is 25.4 Å². The minimum atomic E-state index is 0.490. The monoisotopic (exact) mass is 377 g/mol. The van der Waals surface area contributed by atoms with Crippen LogP contribution in [0.4, 0.5) is 28.7 Å². The minimum absolute atomic E-state index is 0.490. The van der Waals surface area contributed by atoms with Crippen LogP contribution in [0.25, 0.3) is 0 Å². The first kappa shape index (κ1) is 17.9. The quantitative estimate of drug-likeness (QED) is 0.697. The molecule has 0 unspecified atom stereocenters. The number of ether oxygens (including phenoxy) is 2. The summed E-state index contributed by atoms with van der Waals surface area (Å²) in [6.45, 7) is 0.861. The second-order valence-corrected chi connectivity index (χ2v) is 6.53. The van der Waals surface area contributed by atoms with Crippen molar-refractivity contribution in [2.45, 2.75) is 12.8 Å². The molecule has 0 saturated carbocycles. The van der Waals surface area contributed by atoms with Gasteiger partial charge in [-0.2, -0.15) is 0 Å². The Morgan fingerprint density at radius 1 is 1.07 bits per heavy atom. The van der Waals surface area contributed by atoms with E-state index in [2.05, 4.69) is 38.4 Å². The number of anilines is 5. The van der Waals surface area contributed by atoms with E-state index >= 15 is 0 Å². The third-order valence-corrected chi connectivity index (χ3v) is 4.89. The molecule has 0 bridgehead atoms. The van der Waals surface area contributed by atoms with Gasteiger partial charge in [0.05, 0.1) is 19.9 Å². The molecular formula is C21H23N5O2. The average Bonchev–Trinajstić information content (AvgIpc) is 2.75. The highest BCUT2D eigenvalue weighted by Gasteiger charge is 2.22. The molecule has 0 fully saturated rings. The van der Waals surface area contributed by atoms with E-state index in [1.807, 2.05) is 24.3 Å². The number of fused-ring (bicyclic) bond motifs is 1. The fourth-order valence-corrected chi connectivity index (χ4v) is 3.49. The van der Waals surface area contributed by atoms with Crippen molar-refractivity contribution in [2.24, 2.45) is 0 Å². The summed E-state index contributed by atoms with van der Waals surface area (Å²) in [6.07, 6.45) is 3.63. The van der Waals surface area contributed by atoms with Gasteiger partial charge >= 0.3 is 0 Å². The molecule has 0 amide bonds. The number of aryl methyl sites for hydroxylation is 1. The van der Waals surface area contributed by atoms with E-state index in [-0.39, 0.29) is 0 Å². The number of methoxy groups -OCH3 is 2. The fourth-order valence-electron chi connectivity index (χ4n) is 3.49. The lowest BCUT2D eigenvalue weighted by Gasteiger charge is -2.31. The Bertz CT molecular complexity index is 992. The van der Waals surface area contributed by atoms with Crippen molar-refractivity contribution in [1.29, 1.82) is 0 Å². The number of nitrogens with one attached hydrogen (secondary N) is 1. The molecule has 0 atom stereocenters. The van der Waals surface area contributed by atoms with Crippen LogP contribution in [-0.4, -0.2) is 30.7 Å². The summed E-state index contributed by atoms with van der Waals surface area (Å²) < 4.78 is 10.7. The lowest BCUT2D eigenvalue weighted by Crippen LogP contribution is -2.26. The normalized spacial score (nSPS) is 13.0. The summed E-state index contributed by atoms with van der Waals surface area (Å²) in [4.78, 5) is 11.0. The van der Waals surface area contributed by atoms with Gasteiger partial charge in [0.25, 0.3) is 0 Å². The van der Waals surface area contributed by atoms with Crippen LogP contribution in [0, 0.1) is 0 Å². The van der Waals surface area contributed by atoms with Crippen LogP contribution in [0.2, 0.25) is 0 Å². The Morgan fingerprint density at radius 3 is 2.75 bits per heavy atom. The molecule has 28 heavy (non-hydrogen) atoms. The highest BCUT2D eigenvalue weighted by Crippen LogP contribution is 2.38. The van der Waals surface area contributed by atoms with Gasteiger partial charge in [-0.25, -0.2) is 9.97 Å². The Hall–Kier alpha value is -3.48. The zero-order valence-corrected chi connectivity index (χ0v) is 16.0. The molecule has 7 nitrogen and oxygen atoms in total. The molecule has 3 aromatic rings. The number of hydrogen-bond donors (Lipinski definition) is 2. The van der Waals surface area contributed by atoms with Gasteiger partial charge in [0.2, 0.25) is 0 Å². The van der Waals surface area contributed by atoms with E-state index in [4.69, 9.17) is 15.2 Å². The van der Waals surface area contributed by atoms with Crippen molar-refractivity contribution in [3.8, 4) is 11.5 Å². The van der Waals surface area contributed by atoms with Crippen LogP contribution in [0.1, 0.15) is 12.0 Å². The fraction of sp³-hybridized carbons (Fsp3) is 0.238. The molecule has 1 aromatic heterocycles. The third kappa shape index (κ3) is 3.26. The summed E-state index contributed by atoms with van der Waals surface area (Å²) >= 11 is 0. The van der Waals surface area contributed by atoms with Crippen LogP contribution in [0.15, 0.2) is 48.8 Å². The molecule has 1 aliphatic heterocycles. The number of aromatic nitrogens is 2. The standard InChI is InChI=1S/C21H23N5O2/c1-27-15-9-10-18(28-2)16(12-15)25-20-19(22)21(24-13-23-20)26-11-5-7-14-6-3-4-8-17(14)26/h3-4,6,8-10,12-13H,5,7,11,22H2,1-2H3,(H,23,24,25). The van der Waals surface area contributed by atoms with Crippen molar-refractivity contribution >= 4 is 28.7 Å². The first-order valence-corrected chi connectivity index (χ1v) is 9.16. The highest BCUT2D eigenvalue weighted by molar-refractivity contribution is 5.83. The van der Waals surface area contributed by atoms with Gasteiger partial charge < -0.3 is 25.4 Å². The molecule has 3 N–H and O–H groups in total. The SMILES string of the molecule is COc1ccc(OC)c(Nc2ncnc(N3CCCc4ccccc43)c2N)c1. The van der Waals surface area contributed by atoms with E-state index in [1.54, 1.807) is 14.2 Å². The van der Waals surface area contributed by atoms with Crippen molar-refractivity contribution in [3.63, 3.8) is 0 Å². The average molecular weight is 377 g/mol. The number of hydrogen-bond acceptors (Lipinski definition) is 7. The van der Waals surface area contributed by atoms with E-state index in [1.165, 1.54) is 11.9 Å². The summed E-state index contributed by atoms with van der Waals surface area (Å²) in [5.74, 6) is 2.61. The molecule has 0 spiro atoms. The van der Waals surface area contributed by atoms with E-state index in [0.29, 0.717) is 28.8 Å². The topological polar surface area (TPSA) is 85.5 Å². The van der Waals surface area contributed by atoms with Crippen molar-refractivity contribution in [2.75, 3.05) is 36.7 Å². The van der Waals surface area contributed by atoms with Gasteiger partial charge in [-0.15, -0.1) is 0 Å². The van der Waals surface area contributed by atoms with Gasteiger partial charge in [-0.3, -0.25) is 0 Å².